The Morgan fingerprint density at radius 3 is 2.54 bits per heavy atom. The largest absolute Gasteiger partial charge is 0.478 e. The number of carboxylic acid groups (broad SMARTS) is 1. The van der Waals surface area contributed by atoms with Gasteiger partial charge in [0.15, 0.2) is 0 Å². The van der Waals surface area contributed by atoms with E-state index in [1.165, 1.54) is 0 Å². The summed E-state index contributed by atoms with van der Waals surface area (Å²) < 4.78 is 0. The van der Waals surface area contributed by atoms with Gasteiger partial charge in [-0.3, -0.25) is 9.59 Å². The Labute approximate surface area is 72.0 Å². The van der Waals surface area contributed by atoms with E-state index in [9.17, 15) is 14.4 Å². The van der Waals surface area contributed by atoms with Gasteiger partial charge in [-0.05, 0) is 6.07 Å². The first-order valence-corrected chi connectivity index (χ1v) is 3.28. The van der Waals surface area contributed by atoms with Crippen molar-refractivity contribution in [2.45, 2.75) is 0 Å². The van der Waals surface area contributed by atoms with E-state index in [2.05, 4.69) is 4.98 Å². The van der Waals surface area contributed by atoms with Gasteiger partial charge in [0.2, 0.25) is 0 Å². The van der Waals surface area contributed by atoms with E-state index in [0.29, 0.717) is 0 Å². The number of nitrogens with one attached hydrogen (secondary N) is 1. The van der Waals surface area contributed by atoms with E-state index in [1.807, 2.05) is 0 Å². The fourth-order valence-corrected chi connectivity index (χ4v) is 0.790. The molecule has 0 spiro atoms. The van der Waals surface area contributed by atoms with Gasteiger partial charge in [0.05, 0.1) is 5.56 Å². The third kappa shape index (κ3) is 1.73. The number of carbonyl (C=O) groups excluding carboxylic acids is 1. The minimum Gasteiger partial charge on any atom is -0.478 e. The molecule has 1 heterocycles. The number of aromatic carboxylic acids is 1. The zero-order valence-electron chi connectivity index (χ0n) is 6.40. The SMILES string of the molecule is NC(=O)c1cc(C(=O)O)c[nH]c1=O. The van der Waals surface area contributed by atoms with Crippen LogP contribution in [0, 0.1) is 0 Å². The second kappa shape index (κ2) is 3.10. The quantitative estimate of drug-likeness (QED) is 0.553. The predicted molar refractivity (Wildman–Crippen MR) is 42.5 cm³/mol. The van der Waals surface area contributed by atoms with Crippen molar-refractivity contribution in [1.29, 1.82) is 0 Å². The molecule has 0 saturated carbocycles. The number of pyridine rings is 1. The zero-order chi connectivity index (χ0) is 10.0. The van der Waals surface area contributed by atoms with E-state index in [0.717, 1.165) is 12.3 Å². The summed E-state index contributed by atoms with van der Waals surface area (Å²) >= 11 is 0. The van der Waals surface area contributed by atoms with Crippen molar-refractivity contribution in [2.75, 3.05) is 0 Å². The van der Waals surface area contributed by atoms with Gasteiger partial charge in [-0.15, -0.1) is 0 Å². The van der Waals surface area contributed by atoms with E-state index >= 15 is 0 Å². The maximum Gasteiger partial charge on any atom is 0.337 e. The fraction of sp³-hybridized carbons (Fsp3) is 0. The Bertz CT molecular complexity index is 421. The molecule has 68 valence electrons. The minimum absolute atomic E-state index is 0.187. The lowest BCUT2D eigenvalue weighted by Crippen LogP contribution is -2.24. The summed E-state index contributed by atoms with van der Waals surface area (Å²) in [7, 11) is 0. The van der Waals surface area contributed by atoms with Crippen LogP contribution in [0.4, 0.5) is 0 Å². The van der Waals surface area contributed by atoms with Crippen LogP contribution in [0.5, 0.6) is 0 Å². The molecule has 0 fully saturated rings. The van der Waals surface area contributed by atoms with Crippen LogP contribution in [-0.2, 0) is 0 Å². The smallest absolute Gasteiger partial charge is 0.337 e. The van der Waals surface area contributed by atoms with Crippen LogP contribution >= 0.6 is 0 Å². The Kier molecular flexibility index (Phi) is 2.14. The average Bonchev–Trinajstić information content (AvgIpc) is 2.04. The maximum atomic E-state index is 10.9. The molecule has 4 N–H and O–H groups in total. The first kappa shape index (κ1) is 8.98. The number of hydrogen-bond acceptors (Lipinski definition) is 3. The summed E-state index contributed by atoms with van der Waals surface area (Å²) in [6.45, 7) is 0. The van der Waals surface area contributed by atoms with Crippen LogP contribution in [0.2, 0.25) is 0 Å². The summed E-state index contributed by atoms with van der Waals surface area (Å²) in [5.41, 5.74) is 3.59. The van der Waals surface area contributed by atoms with E-state index < -0.39 is 17.4 Å². The highest BCUT2D eigenvalue weighted by molar-refractivity contribution is 5.95. The number of aromatic amines is 1. The fourth-order valence-electron chi connectivity index (χ4n) is 0.790. The minimum atomic E-state index is -1.24. The van der Waals surface area contributed by atoms with Crippen LogP contribution in [0.3, 0.4) is 0 Å². The van der Waals surface area contributed by atoms with E-state index in [4.69, 9.17) is 10.8 Å². The van der Waals surface area contributed by atoms with Crippen molar-refractivity contribution >= 4 is 11.9 Å². The highest BCUT2D eigenvalue weighted by Gasteiger charge is 2.10. The molecule has 0 aliphatic rings. The van der Waals surface area contributed by atoms with Crippen LogP contribution in [0.15, 0.2) is 17.1 Å². The van der Waals surface area contributed by atoms with E-state index in [-0.39, 0.29) is 11.1 Å². The third-order valence-corrected chi connectivity index (χ3v) is 1.42. The molecule has 0 aromatic carbocycles. The van der Waals surface area contributed by atoms with Crippen molar-refractivity contribution < 1.29 is 14.7 Å². The molecule has 6 nitrogen and oxygen atoms in total. The summed E-state index contributed by atoms with van der Waals surface area (Å²) in [5.74, 6) is -2.19. The van der Waals surface area contributed by atoms with Crippen molar-refractivity contribution in [2.24, 2.45) is 5.73 Å². The van der Waals surface area contributed by atoms with Gasteiger partial charge in [-0.1, -0.05) is 0 Å². The molecule has 0 aliphatic heterocycles. The molecule has 1 aromatic rings. The molecule has 0 aliphatic carbocycles. The summed E-state index contributed by atoms with van der Waals surface area (Å²) in [5, 5.41) is 8.51. The molecule has 0 radical (unpaired) electrons. The topological polar surface area (TPSA) is 113 Å². The van der Waals surface area contributed by atoms with Crippen LogP contribution in [0.1, 0.15) is 20.7 Å². The highest BCUT2D eigenvalue weighted by Crippen LogP contribution is 1.97. The molecular formula is C7H6N2O4. The van der Waals surface area contributed by atoms with E-state index in [1.54, 1.807) is 0 Å². The van der Waals surface area contributed by atoms with Crippen molar-refractivity contribution in [3.05, 3.63) is 33.7 Å². The third-order valence-electron chi connectivity index (χ3n) is 1.42. The van der Waals surface area contributed by atoms with Gasteiger partial charge >= 0.3 is 5.97 Å². The Balaban J connectivity index is 3.35. The predicted octanol–water partition coefficient (Wildman–Crippen LogP) is -0.828. The lowest BCUT2D eigenvalue weighted by Gasteiger charge is -1.96. The average molecular weight is 182 g/mol. The number of aromatic nitrogens is 1. The maximum absolute atomic E-state index is 10.9. The number of carbonyl (C=O) groups is 2. The number of hydrogen-bond donors (Lipinski definition) is 3. The zero-order valence-corrected chi connectivity index (χ0v) is 6.40. The van der Waals surface area contributed by atoms with Gasteiger partial charge < -0.3 is 15.8 Å². The molecule has 0 bridgehead atoms. The Morgan fingerprint density at radius 2 is 2.08 bits per heavy atom. The second-order valence-corrected chi connectivity index (χ2v) is 2.30. The Morgan fingerprint density at radius 1 is 1.46 bits per heavy atom. The molecule has 0 saturated heterocycles. The molecular weight excluding hydrogens is 176 g/mol. The molecule has 0 unspecified atom stereocenters. The van der Waals surface area contributed by atoms with Gasteiger partial charge in [0.25, 0.3) is 11.5 Å². The van der Waals surface area contributed by atoms with Crippen LogP contribution in [0.25, 0.3) is 0 Å². The van der Waals surface area contributed by atoms with Crippen LogP contribution in [-0.4, -0.2) is 22.0 Å². The van der Waals surface area contributed by atoms with Crippen molar-refractivity contribution in [3.8, 4) is 0 Å². The van der Waals surface area contributed by atoms with Gasteiger partial charge in [-0.25, -0.2) is 4.79 Å². The van der Waals surface area contributed by atoms with Crippen LogP contribution < -0.4 is 11.3 Å². The monoisotopic (exact) mass is 182 g/mol. The molecule has 13 heavy (non-hydrogen) atoms. The molecule has 1 rings (SSSR count). The number of nitrogens with two attached hydrogens (primary N) is 1. The lowest BCUT2D eigenvalue weighted by atomic mass is 10.2. The molecule has 1 aromatic heterocycles. The normalized spacial score (nSPS) is 9.54. The van der Waals surface area contributed by atoms with Crippen molar-refractivity contribution in [3.63, 3.8) is 0 Å². The van der Waals surface area contributed by atoms with Crippen molar-refractivity contribution in [1.82, 2.24) is 4.98 Å². The molecule has 1 amide bonds. The Hall–Kier alpha value is -2.11. The van der Waals surface area contributed by atoms with Gasteiger partial charge in [-0.2, -0.15) is 0 Å². The lowest BCUT2D eigenvalue weighted by molar-refractivity contribution is 0.0696. The number of amides is 1. The molecule has 6 heteroatoms. The molecule has 0 atom stereocenters. The second-order valence-electron chi connectivity index (χ2n) is 2.30. The summed E-state index contributed by atoms with van der Waals surface area (Å²) in [4.78, 5) is 34.0. The number of primary amides is 1. The standard InChI is InChI=1S/C7H6N2O4/c8-5(10)4-1-3(7(12)13)2-9-6(4)11/h1-2H,(H2,8,10)(H,9,11)(H,12,13). The number of carboxylic acids is 1. The summed E-state index contributed by atoms with van der Waals surface area (Å²) in [6.07, 6.45) is 0.997. The number of H-pyrrole nitrogens is 1. The summed E-state index contributed by atoms with van der Waals surface area (Å²) in [6, 6.07) is 0.934. The first-order chi connectivity index (χ1) is 6.02. The first-order valence-electron chi connectivity index (χ1n) is 3.28. The van der Waals surface area contributed by atoms with Gasteiger partial charge in [0.1, 0.15) is 5.56 Å². The highest BCUT2D eigenvalue weighted by atomic mass is 16.4. The number of rotatable bonds is 2. The van der Waals surface area contributed by atoms with Gasteiger partial charge in [0, 0.05) is 6.20 Å².